The van der Waals surface area contributed by atoms with Gasteiger partial charge < -0.3 is 20.1 Å². The number of carboxylic acid groups (broad SMARTS) is 1. The maximum atomic E-state index is 13.1. The van der Waals surface area contributed by atoms with Crippen molar-refractivity contribution in [3.8, 4) is 0 Å². The molecule has 6 nitrogen and oxygen atoms in total. The average Bonchev–Trinajstić information content (AvgIpc) is 2.56. The zero-order valence-corrected chi connectivity index (χ0v) is 13.8. The molecule has 1 aliphatic rings. The molecule has 1 saturated heterocycles. The topological polar surface area (TPSA) is 78.9 Å². The summed E-state index contributed by atoms with van der Waals surface area (Å²) in [6.07, 6.45) is 0.822. The number of hydrogen-bond donors (Lipinski definition) is 2. The molecule has 24 heavy (non-hydrogen) atoms. The van der Waals surface area contributed by atoms with Crippen LogP contribution < -0.4 is 5.32 Å². The smallest absolute Gasteiger partial charge is 0.407 e. The Morgan fingerprint density at radius 1 is 1.29 bits per heavy atom. The van der Waals surface area contributed by atoms with Gasteiger partial charge in [0.2, 0.25) is 0 Å². The van der Waals surface area contributed by atoms with E-state index in [0.29, 0.717) is 39.0 Å². The monoisotopic (exact) mass is 338 g/mol. The van der Waals surface area contributed by atoms with Crippen LogP contribution >= 0.6 is 0 Å². The third-order valence-corrected chi connectivity index (χ3v) is 4.36. The quantitative estimate of drug-likeness (QED) is 0.776. The van der Waals surface area contributed by atoms with Crippen LogP contribution in [0.4, 0.5) is 9.18 Å². The van der Waals surface area contributed by atoms with E-state index in [4.69, 9.17) is 9.84 Å². The summed E-state index contributed by atoms with van der Waals surface area (Å²) in [7, 11) is 0. The van der Waals surface area contributed by atoms with Crippen molar-refractivity contribution in [1.29, 1.82) is 0 Å². The van der Waals surface area contributed by atoms with E-state index in [9.17, 15) is 14.0 Å². The summed E-state index contributed by atoms with van der Waals surface area (Å²) in [6, 6.07) is 6.24. The second-order valence-electron chi connectivity index (χ2n) is 6.01. The number of halogens is 1. The molecule has 1 heterocycles. The number of benzene rings is 1. The average molecular weight is 338 g/mol. The van der Waals surface area contributed by atoms with Crippen molar-refractivity contribution in [3.05, 3.63) is 35.6 Å². The molecule has 0 unspecified atom stereocenters. The van der Waals surface area contributed by atoms with Gasteiger partial charge in [0.05, 0.1) is 13.2 Å². The third-order valence-electron chi connectivity index (χ3n) is 4.36. The molecule has 1 aromatic rings. The molecule has 132 valence electrons. The predicted octanol–water partition coefficient (Wildman–Crippen LogP) is 2.03. The van der Waals surface area contributed by atoms with Crippen molar-refractivity contribution in [2.45, 2.75) is 31.7 Å². The summed E-state index contributed by atoms with van der Waals surface area (Å²) in [6.45, 7) is 2.93. The number of nitrogens with one attached hydrogen (secondary N) is 1. The zero-order chi connectivity index (χ0) is 17.6. The summed E-state index contributed by atoms with van der Waals surface area (Å²) in [5.41, 5.74) is 0.535. The van der Waals surface area contributed by atoms with Crippen molar-refractivity contribution in [2.75, 3.05) is 26.2 Å². The van der Waals surface area contributed by atoms with Gasteiger partial charge in [-0.1, -0.05) is 12.1 Å². The van der Waals surface area contributed by atoms with E-state index in [1.807, 2.05) is 0 Å². The molecule has 2 rings (SSSR count). The second-order valence-corrected chi connectivity index (χ2v) is 6.01. The van der Waals surface area contributed by atoms with Crippen molar-refractivity contribution in [3.63, 3.8) is 0 Å². The first-order valence-corrected chi connectivity index (χ1v) is 8.07. The number of piperidine rings is 1. The highest BCUT2D eigenvalue weighted by Crippen LogP contribution is 2.27. The van der Waals surface area contributed by atoms with E-state index < -0.39 is 11.6 Å². The number of rotatable bonds is 6. The Morgan fingerprint density at radius 3 is 2.46 bits per heavy atom. The lowest BCUT2D eigenvalue weighted by Gasteiger charge is -2.41. The lowest BCUT2D eigenvalue weighted by molar-refractivity contribution is -0.142. The van der Waals surface area contributed by atoms with E-state index in [-0.39, 0.29) is 18.3 Å². The Balaban J connectivity index is 2.07. The molecule has 0 aliphatic carbocycles. The van der Waals surface area contributed by atoms with Gasteiger partial charge in [-0.2, -0.15) is 0 Å². The van der Waals surface area contributed by atoms with Crippen LogP contribution in [0.1, 0.15) is 25.3 Å². The van der Waals surface area contributed by atoms with Gasteiger partial charge in [-0.3, -0.25) is 4.79 Å². The lowest BCUT2D eigenvalue weighted by Crippen LogP contribution is -2.56. The number of amides is 1. The lowest BCUT2D eigenvalue weighted by atomic mass is 9.81. The van der Waals surface area contributed by atoms with E-state index in [0.717, 1.165) is 5.56 Å². The second kappa shape index (κ2) is 8.10. The van der Waals surface area contributed by atoms with Crippen molar-refractivity contribution in [2.24, 2.45) is 0 Å². The molecule has 0 bridgehead atoms. The van der Waals surface area contributed by atoms with Gasteiger partial charge in [-0.15, -0.1) is 0 Å². The van der Waals surface area contributed by atoms with Gasteiger partial charge >= 0.3 is 12.1 Å². The normalized spacial score (nSPS) is 16.7. The predicted molar refractivity (Wildman–Crippen MR) is 86.3 cm³/mol. The number of likely N-dealkylation sites (tertiary alicyclic amines) is 1. The molecule has 1 amide bonds. The number of esters is 1. The van der Waals surface area contributed by atoms with Crippen molar-refractivity contribution in [1.82, 2.24) is 10.2 Å². The van der Waals surface area contributed by atoms with Gasteiger partial charge in [-0.05, 0) is 43.9 Å². The largest absolute Gasteiger partial charge is 0.465 e. The van der Waals surface area contributed by atoms with E-state index in [1.54, 1.807) is 19.1 Å². The van der Waals surface area contributed by atoms with E-state index >= 15 is 0 Å². The summed E-state index contributed by atoms with van der Waals surface area (Å²) in [4.78, 5) is 24.1. The molecule has 7 heteroatoms. The fourth-order valence-electron chi connectivity index (χ4n) is 3.01. The number of carbonyl (C=O) groups excluding carboxylic acids is 1. The molecule has 2 N–H and O–H groups in total. The highest BCUT2D eigenvalue weighted by Gasteiger charge is 2.36. The van der Waals surface area contributed by atoms with Crippen LogP contribution in [0.15, 0.2) is 24.3 Å². The number of carbonyl (C=O) groups is 2. The van der Waals surface area contributed by atoms with Gasteiger partial charge in [0.1, 0.15) is 5.82 Å². The Labute approximate surface area is 140 Å². The number of ether oxygens (including phenoxy) is 1. The molecule has 0 aromatic heterocycles. The van der Waals surface area contributed by atoms with Gasteiger partial charge in [0.15, 0.2) is 0 Å². The Hall–Kier alpha value is -2.15. The Kier molecular flexibility index (Phi) is 6.14. The highest BCUT2D eigenvalue weighted by atomic mass is 19.1. The van der Waals surface area contributed by atoms with Crippen LogP contribution in [0, 0.1) is 5.82 Å². The molecule has 0 saturated carbocycles. The molecule has 0 atom stereocenters. The first kappa shape index (κ1) is 18.2. The van der Waals surface area contributed by atoms with Crippen LogP contribution in [0.5, 0.6) is 0 Å². The molecule has 0 radical (unpaired) electrons. The Bertz CT molecular complexity index is 568. The first-order chi connectivity index (χ1) is 11.4. The Morgan fingerprint density at radius 2 is 1.92 bits per heavy atom. The van der Waals surface area contributed by atoms with E-state index in [2.05, 4.69) is 5.32 Å². The SMILES string of the molecule is CCOC(=O)CNC1(Cc2ccc(F)cc2)CCN(C(=O)O)CC1. The summed E-state index contributed by atoms with van der Waals surface area (Å²) in [5.74, 6) is -0.635. The van der Waals surface area contributed by atoms with Crippen molar-refractivity contribution < 1.29 is 23.8 Å². The molecule has 1 aliphatic heterocycles. The standard InChI is InChI=1S/C17H23FN2O4/c1-2-24-15(21)12-19-17(7-9-20(10-8-17)16(22)23)11-13-3-5-14(18)6-4-13/h3-6,19H,2,7-12H2,1H3,(H,22,23). The summed E-state index contributed by atoms with van der Waals surface area (Å²) < 4.78 is 18.0. The maximum Gasteiger partial charge on any atom is 0.407 e. The molecular formula is C17H23FN2O4. The third kappa shape index (κ3) is 4.92. The van der Waals surface area contributed by atoms with Gasteiger partial charge in [-0.25, -0.2) is 9.18 Å². The van der Waals surface area contributed by atoms with Gasteiger partial charge in [0, 0.05) is 18.6 Å². The fourth-order valence-corrected chi connectivity index (χ4v) is 3.01. The number of hydrogen-bond acceptors (Lipinski definition) is 4. The number of nitrogens with zero attached hydrogens (tertiary/aromatic N) is 1. The van der Waals surface area contributed by atoms with Crippen LogP contribution in [-0.2, 0) is 16.0 Å². The molecule has 0 spiro atoms. The highest BCUT2D eigenvalue weighted by molar-refractivity contribution is 5.71. The van der Waals surface area contributed by atoms with Crippen LogP contribution in [0.25, 0.3) is 0 Å². The summed E-state index contributed by atoms with van der Waals surface area (Å²) >= 11 is 0. The molecule has 1 fully saturated rings. The minimum atomic E-state index is -0.934. The minimum absolute atomic E-state index is 0.0715. The van der Waals surface area contributed by atoms with Crippen molar-refractivity contribution >= 4 is 12.1 Å². The maximum absolute atomic E-state index is 13.1. The molecular weight excluding hydrogens is 315 g/mol. The van der Waals surface area contributed by atoms with Crippen LogP contribution in [0.3, 0.4) is 0 Å². The first-order valence-electron chi connectivity index (χ1n) is 8.07. The van der Waals surface area contributed by atoms with Crippen LogP contribution in [-0.4, -0.2) is 53.8 Å². The van der Waals surface area contributed by atoms with Gasteiger partial charge in [0.25, 0.3) is 0 Å². The summed E-state index contributed by atoms with van der Waals surface area (Å²) in [5, 5.41) is 12.4. The fraction of sp³-hybridized carbons (Fsp3) is 0.529. The van der Waals surface area contributed by atoms with Crippen LogP contribution in [0.2, 0.25) is 0 Å². The van der Waals surface area contributed by atoms with E-state index in [1.165, 1.54) is 17.0 Å². The zero-order valence-electron chi connectivity index (χ0n) is 13.8. The minimum Gasteiger partial charge on any atom is -0.465 e. The molecule has 1 aromatic carbocycles.